The van der Waals surface area contributed by atoms with E-state index in [1.54, 1.807) is 14.2 Å². The van der Waals surface area contributed by atoms with E-state index in [-0.39, 0.29) is 6.04 Å². The maximum Gasteiger partial charge on any atom is 0.191 e. The quantitative estimate of drug-likeness (QED) is 0.565. The Balaban J connectivity index is 1.55. The molecule has 27 heavy (non-hydrogen) atoms. The molecule has 0 saturated heterocycles. The van der Waals surface area contributed by atoms with E-state index in [1.165, 1.54) is 0 Å². The lowest BCUT2D eigenvalue weighted by Crippen LogP contribution is -2.46. The summed E-state index contributed by atoms with van der Waals surface area (Å²) in [6.45, 7) is 1.90. The molecule has 146 valence electrons. The topological polar surface area (TPSA) is 92.5 Å². The van der Waals surface area contributed by atoms with Gasteiger partial charge in [-0.15, -0.1) is 0 Å². The molecule has 2 N–H and O–H groups in total. The van der Waals surface area contributed by atoms with Crippen LogP contribution in [0.15, 0.2) is 23.3 Å². The third-order valence-electron chi connectivity index (χ3n) is 4.47. The number of guanidine groups is 1. The molecule has 1 aliphatic rings. The van der Waals surface area contributed by atoms with E-state index in [2.05, 4.69) is 36.8 Å². The molecule has 2 aromatic heterocycles. The van der Waals surface area contributed by atoms with Crippen LogP contribution in [0.25, 0.3) is 0 Å². The second-order valence-corrected chi connectivity index (χ2v) is 6.78. The van der Waals surface area contributed by atoms with E-state index in [4.69, 9.17) is 4.74 Å². The van der Waals surface area contributed by atoms with Crippen LogP contribution >= 0.6 is 0 Å². The summed E-state index contributed by atoms with van der Waals surface area (Å²) in [6.07, 6.45) is 3.71. The summed E-state index contributed by atoms with van der Waals surface area (Å²) >= 11 is 0. The number of nitrogens with zero attached hydrogens (tertiary/aromatic N) is 6. The average Bonchev–Trinajstić information content (AvgIpc) is 3.07. The minimum absolute atomic E-state index is 0.260. The van der Waals surface area contributed by atoms with Gasteiger partial charge in [0.25, 0.3) is 0 Å². The largest absolute Gasteiger partial charge is 0.377 e. The van der Waals surface area contributed by atoms with Crippen LogP contribution in [-0.2, 0) is 30.9 Å². The molecule has 0 fully saturated rings. The number of nitrogens with one attached hydrogen (secondary N) is 2. The van der Waals surface area contributed by atoms with Gasteiger partial charge in [0.15, 0.2) is 11.8 Å². The van der Waals surface area contributed by atoms with Crippen molar-refractivity contribution in [2.75, 3.05) is 33.2 Å². The van der Waals surface area contributed by atoms with Gasteiger partial charge in [-0.05, 0) is 24.1 Å². The van der Waals surface area contributed by atoms with Crippen LogP contribution in [-0.4, -0.2) is 60.0 Å². The van der Waals surface area contributed by atoms with Gasteiger partial charge >= 0.3 is 0 Å². The van der Waals surface area contributed by atoms with Gasteiger partial charge in [0.1, 0.15) is 18.2 Å². The molecule has 0 aromatic carbocycles. The number of hydrogen-bond donors (Lipinski definition) is 2. The van der Waals surface area contributed by atoms with Crippen molar-refractivity contribution in [3.05, 3.63) is 35.5 Å². The van der Waals surface area contributed by atoms with Crippen LogP contribution in [0.5, 0.6) is 0 Å². The minimum Gasteiger partial charge on any atom is -0.377 e. The lowest BCUT2D eigenvalue weighted by Gasteiger charge is -2.25. The van der Waals surface area contributed by atoms with Gasteiger partial charge in [-0.2, -0.15) is 5.10 Å². The summed E-state index contributed by atoms with van der Waals surface area (Å²) in [7, 11) is 7.41. The summed E-state index contributed by atoms with van der Waals surface area (Å²) in [5.74, 6) is 3.49. The molecule has 9 nitrogen and oxygen atoms in total. The zero-order valence-corrected chi connectivity index (χ0v) is 16.4. The number of hydrogen-bond acceptors (Lipinski definition) is 6. The number of methoxy groups -OCH3 is 1. The number of fused-ring (bicyclic) bond motifs is 1. The van der Waals surface area contributed by atoms with Gasteiger partial charge in [-0.1, -0.05) is 0 Å². The van der Waals surface area contributed by atoms with E-state index < -0.39 is 0 Å². The molecule has 2 aromatic rings. The molecule has 0 saturated carbocycles. The van der Waals surface area contributed by atoms with Gasteiger partial charge in [-0.25, -0.2) is 14.6 Å². The third kappa shape index (κ3) is 4.94. The molecule has 1 unspecified atom stereocenters. The fourth-order valence-corrected chi connectivity index (χ4v) is 3.06. The predicted molar refractivity (Wildman–Crippen MR) is 105 cm³/mol. The van der Waals surface area contributed by atoms with Gasteiger partial charge in [0, 0.05) is 53.5 Å². The summed E-state index contributed by atoms with van der Waals surface area (Å²) in [6, 6.07) is 4.34. The number of aromatic nitrogens is 4. The molecular formula is C18H28N8O. The molecule has 0 bridgehead atoms. The highest BCUT2D eigenvalue weighted by molar-refractivity contribution is 5.80. The van der Waals surface area contributed by atoms with Gasteiger partial charge in [0.2, 0.25) is 0 Å². The molecular weight excluding hydrogens is 344 g/mol. The number of aliphatic imine (C=N–C) groups is 1. The monoisotopic (exact) mass is 372 g/mol. The van der Waals surface area contributed by atoms with Crippen molar-refractivity contribution in [3.8, 4) is 0 Å². The Bertz CT molecular complexity index is 785. The number of pyridine rings is 1. The summed E-state index contributed by atoms with van der Waals surface area (Å²) in [4.78, 5) is 15.2. The van der Waals surface area contributed by atoms with E-state index in [9.17, 15) is 0 Å². The average molecular weight is 372 g/mol. The van der Waals surface area contributed by atoms with Crippen molar-refractivity contribution < 1.29 is 4.74 Å². The molecule has 1 atom stereocenters. The maximum atomic E-state index is 5.12. The molecule has 0 aliphatic carbocycles. The highest BCUT2D eigenvalue weighted by atomic mass is 16.5. The zero-order valence-electron chi connectivity index (χ0n) is 16.4. The van der Waals surface area contributed by atoms with Gasteiger partial charge in [0.05, 0.1) is 6.54 Å². The second kappa shape index (κ2) is 8.81. The van der Waals surface area contributed by atoms with Crippen molar-refractivity contribution in [3.63, 3.8) is 0 Å². The van der Waals surface area contributed by atoms with Crippen molar-refractivity contribution >= 4 is 11.8 Å². The molecule has 0 radical (unpaired) electrons. The van der Waals surface area contributed by atoms with E-state index in [0.29, 0.717) is 13.2 Å². The molecule has 3 heterocycles. The lowest BCUT2D eigenvalue weighted by atomic mass is 10.1. The Hall–Kier alpha value is -2.68. The van der Waals surface area contributed by atoms with E-state index in [1.807, 2.05) is 35.9 Å². The number of anilines is 1. The number of rotatable bonds is 6. The van der Waals surface area contributed by atoms with Crippen molar-refractivity contribution in [2.24, 2.45) is 4.99 Å². The SMILES string of the molecule is CN=C(NCc1ccnc(N(C)C)c1)NC1CCc2nc(COC)nn2C1. The first kappa shape index (κ1) is 19.1. The predicted octanol–water partition coefficient (Wildman–Crippen LogP) is 0.566. The lowest BCUT2D eigenvalue weighted by molar-refractivity contribution is 0.177. The van der Waals surface area contributed by atoms with Crippen LogP contribution in [0.1, 0.15) is 23.6 Å². The summed E-state index contributed by atoms with van der Waals surface area (Å²) in [5, 5.41) is 11.4. The number of aryl methyl sites for hydroxylation is 1. The van der Waals surface area contributed by atoms with Crippen molar-refractivity contribution in [1.29, 1.82) is 0 Å². The normalized spacial score (nSPS) is 16.7. The molecule has 1 aliphatic heterocycles. The second-order valence-electron chi connectivity index (χ2n) is 6.78. The van der Waals surface area contributed by atoms with Crippen LogP contribution in [0.3, 0.4) is 0 Å². The first-order valence-corrected chi connectivity index (χ1v) is 9.10. The summed E-state index contributed by atoms with van der Waals surface area (Å²) in [5.41, 5.74) is 1.16. The molecule has 0 amide bonds. The van der Waals surface area contributed by atoms with Crippen LogP contribution in [0.4, 0.5) is 5.82 Å². The van der Waals surface area contributed by atoms with E-state index >= 15 is 0 Å². The fourth-order valence-electron chi connectivity index (χ4n) is 3.06. The van der Waals surface area contributed by atoms with Crippen LogP contribution in [0.2, 0.25) is 0 Å². The van der Waals surface area contributed by atoms with Crippen LogP contribution < -0.4 is 15.5 Å². The highest BCUT2D eigenvalue weighted by Gasteiger charge is 2.22. The minimum atomic E-state index is 0.260. The Morgan fingerprint density at radius 2 is 2.30 bits per heavy atom. The summed E-state index contributed by atoms with van der Waals surface area (Å²) < 4.78 is 7.09. The first-order valence-electron chi connectivity index (χ1n) is 9.10. The smallest absolute Gasteiger partial charge is 0.191 e. The molecule has 0 spiro atoms. The van der Waals surface area contributed by atoms with Gasteiger partial charge < -0.3 is 20.3 Å². The van der Waals surface area contributed by atoms with Crippen LogP contribution in [0, 0.1) is 0 Å². The van der Waals surface area contributed by atoms with Crippen molar-refractivity contribution in [2.45, 2.75) is 38.6 Å². The fraction of sp³-hybridized carbons (Fsp3) is 0.556. The Kier molecular flexibility index (Phi) is 6.23. The Labute approximate surface area is 159 Å². The Morgan fingerprint density at radius 1 is 1.44 bits per heavy atom. The van der Waals surface area contributed by atoms with Gasteiger partial charge in [-0.3, -0.25) is 4.99 Å². The molecule has 3 rings (SSSR count). The maximum absolute atomic E-state index is 5.12. The Morgan fingerprint density at radius 3 is 3.04 bits per heavy atom. The third-order valence-corrected chi connectivity index (χ3v) is 4.47. The zero-order chi connectivity index (χ0) is 19.2. The highest BCUT2D eigenvalue weighted by Crippen LogP contribution is 2.14. The van der Waals surface area contributed by atoms with Crippen molar-refractivity contribution in [1.82, 2.24) is 30.4 Å². The standard InChI is InChI=1S/C18H28N8O/c1-19-18(21-10-13-7-8-20-17(9-13)25(2)3)22-14-5-6-16-23-15(12-27-4)24-26(16)11-14/h7-9,14H,5-6,10-12H2,1-4H3,(H2,19,21,22). The first-order chi connectivity index (χ1) is 13.1. The van der Waals surface area contributed by atoms with E-state index in [0.717, 1.165) is 48.4 Å². The molecule has 9 heteroatoms. The number of ether oxygens (including phenoxy) is 1.